The molecule has 0 saturated heterocycles. The highest BCUT2D eigenvalue weighted by Crippen LogP contribution is 2.09. The topological polar surface area (TPSA) is 64.7 Å². The van der Waals surface area contributed by atoms with Gasteiger partial charge in [0.2, 0.25) is 0 Å². The maximum atomic E-state index is 12.7. The maximum absolute atomic E-state index is 12.7. The van der Waals surface area contributed by atoms with Gasteiger partial charge in [-0.05, 0) is 18.2 Å². The molecule has 6 nitrogen and oxygen atoms in total. The number of hydrogen-bond acceptors (Lipinski definition) is 4. The Morgan fingerprint density at radius 3 is 1.31 bits per heavy atom. The fourth-order valence-electron chi connectivity index (χ4n) is 2.89. The van der Waals surface area contributed by atoms with Crippen molar-refractivity contribution >= 4 is 46.2 Å². The predicted molar refractivity (Wildman–Crippen MR) is 133 cm³/mol. The number of benzene rings is 3. The van der Waals surface area contributed by atoms with E-state index in [1.54, 1.807) is 32.3 Å². The minimum Gasteiger partial charge on any atom is -0.277 e. The summed E-state index contributed by atoms with van der Waals surface area (Å²) in [5.74, 6) is -0.762. The van der Waals surface area contributed by atoms with E-state index in [2.05, 4.69) is 10.9 Å². The lowest BCUT2D eigenvalue weighted by Gasteiger charge is -2.22. The Labute approximate surface area is 197 Å². The molecule has 32 heavy (non-hydrogen) atoms. The molecule has 3 aromatic carbocycles. The van der Waals surface area contributed by atoms with Gasteiger partial charge in [0.25, 0.3) is 11.8 Å². The summed E-state index contributed by atoms with van der Waals surface area (Å²) in [6, 6.07) is 25.2. The first kappa shape index (κ1) is 23.1. The summed E-state index contributed by atoms with van der Waals surface area (Å²) in [5, 5.41) is 2.96. The molecule has 0 aliphatic carbocycles. The summed E-state index contributed by atoms with van der Waals surface area (Å²) in [4.78, 5) is 26.4. The second-order valence-electron chi connectivity index (χ2n) is 6.92. The van der Waals surface area contributed by atoms with Crippen LogP contribution in [0.5, 0.6) is 0 Å². The Morgan fingerprint density at radius 1 is 0.594 bits per heavy atom. The van der Waals surface area contributed by atoms with Crippen LogP contribution in [0.25, 0.3) is 0 Å². The van der Waals surface area contributed by atoms with Crippen molar-refractivity contribution < 1.29 is 9.59 Å². The van der Waals surface area contributed by atoms with E-state index in [9.17, 15) is 9.59 Å². The molecule has 0 spiro atoms. The Kier molecular flexibility index (Phi) is 7.64. The lowest BCUT2D eigenvalue weighted by atomic mass is 10.1. The molecule has 3 aromatic rings. The van der Waals surface area contributed by atoms with Gasteiger partial charge < -0.3 is 0 Å². The van der Waals surface area contributed by atoms with Crippen LogP contribution in [0, 0.1) is 0 Å². The van der Waals surface area contributed by atoms with Gasteiger partial charge in [-0.25, -0.2) is 0 Å². The van der Waals surface area contributed by atoms with Crippen molar-refractivity contribution in [3.63, 3.8) is 0 Å². The van der Waals surface area contributed by atoms with E-state index in [0.717, 1.165) is 11.1 Å². The molecule has 0 atom stereocenters. The zero-order valence-corrected chi connectivity index (χ0v) is 19.2. The van der Waals surface area contributed by atoms with E-state index in [1.807, 2.05) is 60.7 Å². The first-order valence-corrected chi connectivity index (χ1v) is 10.6. The molecular weight excluding hydrogens is 440 g/mol. The molecule has 162 valence electrons. The molecule has 2 amide bonds. The van der Waals surface area contributed by atoms with Crippen molar-refractivity contribution in [2.45, 2.75) is 0 Å². The fourth-order valence-corrected chi connectivity index (χ4v) is 3.25. The third kappa shape index (κ3) is 5.75. The van der Waals surface area contributed by atoms with Crippen LogP contribution in [0.15, 0.2) is 84.9 Å². The summed E-state index contributed by atoms with van der Waals surface area (Å²) in [6.07, 6.45) is 0. The number of nitrogens with zero attached hydrogens (tertiary/aromatic N) is 2. The Bertz CT molecular complexity index is 1050. The van der Waals surface area contributed by atoms with Crippen LogP contribution in [0.3, 0.4) is 0 Å². The van der Waals surface area contributed by atoms with Gasteiger partial charge in [0.15, 0.2) is 0 Å². The van der Waals surface area contributed by atoms with Crippen LogP contribution < -0.4 is 10.9 Å². The van der Waals surface area contributed by atoms with Crippen LogP contribution in [0.4, 0.5) is 0 Å². The minimum absolute atomic E-state index is 0.327. The smallest absolute Gasteiger partial charge is 0.269 e. The van der Waals surface area contributed by atoms with Gasteiger partial charge in [0.1, 0.15) is 9.98 Å². The fraction of sp³-hybridized carbons (Fsp3) is 0.0833. The monoisotopic (exact) mass is 462 g/mol. The molecule has 0 bridgehead atoms. The molecule has 0 heterocycles. The van der Waals surface area contributed by atoms with Crippen molar-refractivity contribution in [2.24, 2.45) is 0 Å². The molecule has 0 aromatic heterocycles. The van der Waals surface area contributed by atoms with E-state index in [4.69, 9.17) is 24.4 Å². The number of rotatable bonds is 4. The number of hydrogen-bond donors (Lipinski definition) is 2. The first-order valence-electron chi connectivity index (χ1n) is 9.75. The first-order chi connectivity index (χ1) is 15.4. The van der Waals surface area contributed by atoms with Crippen LogP contribution in [0.1, 0.15) is 31.8 Å². The minimum atomic E-state index is -0.381. The highest BCUT2D eigenvalue weighted by Gasteiger charge is 2.16. The summed E-state index contributed by atoms with van der Waals surface area (Å²) < 4.78 is 0. The second kappa shape index (κ2) is 10.6. The zero-order chi connectivity index (χ0) is 23.1. The third-order valence-corrected chi connectivity index (χ3v) is 5.60. The predicted octanol–water partition coefficient (Wildman–Crippen LogP) is 3.59. The van der Waals surface area contributed by atoms with Crippen molar-refractivity contribution in [1.29, 1.82) is 0 Å². The second-order valence-corrected chi connectivity index (χ2v) is 7.70. The van der Waals surface area contributed by atoms with Crippen LogP contribution in [0.2, 0.25) is 0 Å². The molecule has 8 heteroatoms. The summed E-state index contributed by atoms with van der Waals surface area (Å²) >= 11 is 10.8. The number of hydrazine groups is 2. The molecule has 3 rings (SSSR count). The number of carbonyl (C=O) groups is 2. The lowest BCUT2D eigenvalue weighted by molar-refractivity contribution is 0.0889. The normalized spacial score (nSPS) is 10.1. The maximum Gasteiger partial charge on any atom is 0.269 e. The Balaban J connectivity index is 1.65. The van der Waals surface area contributed by atoms with Gasteiger partial charge in [-0.3, -0.25) is 30.5 Å². The van der Waals surface area contributed by atoms with Gasteiger partial charge in [-0.15, -0.1) is 0 Å². The van der Waals surface area contributed by atoms with Gasteiger partial charge in [0, 0.05) is 36.3 Å². The summed E-state index contributed by atoms with van der Waals surface area (Å²) in [7, 11) is 3.34. The highest BCUT2D eigenvalue weighted by molar-refractivity contribution is 7.80. The van der Waals surface area contributed by atoms with Crippen LogP contribution in [-0.4, -0.2) is 45.9 Å². The van der Waals surface area contributed by atoms with Gasteiger partial charge >= 0.3 is 0 Å². The van der Waals surface area contributed by atoms with E-state index in [1.165, 1.54) is 16.1 Å². The standard InChI is InChI=1S/C24H22N4O2S2/c1-27(23(31)17-10-5-3-6-11-17)25-21(29)19-14-9-15-20(16-19)22(30)26-28(2)24(32)18-12-7-4-8-13-18/h3-16H,1-2H3,(H,25,29)(H,26,30). The molecule has 0 aliphatic rings. The molecule has 0 fully saturated rings. The number of carbonyl (C=O) groups excluding carboxylic acids is 2. The molecule has 0 radical (unpaired) electrons. The van der Waals surface area contributed by atoms with Crippen molar-refractivity contribution in [3.05, 3.63) is 107 Å². The van der Waals surface area contributed by atoms with Crippen LogP contribution >= 0.6 is 24.4 Å². The van der Waals surface area contributed by atoms with E-state index < -0.39 is 0 Å². The average Bonchev–Trinajstić information content (AvgIpc) is 2.84. The Morgan fingerprint density at radius 2 is 0.938 bits per heavy atom. The largest absolute Gasteiger partial charge is 0.277 e. The zero-order valence-electron chi connectivity index (χ0n) is 17.6. The molecular formula is C24H22N4O2S2. The quantitative estimate of drug-likeness (QED) is 0.456. The third-order valence-electron chi connectivity index (χ3n) is 4.58. The summed E-state index contributed by atoms with van der Waals surface area (Å²) in [6.45, 7) is 0. The van der Waals surface area contributed by atoms with Crippen molar-refractivity contribution in [2.75, 3.05) is 14.1 Å². The van der Waals surface area contributed by atoms with Gasteiger partial charge in [-0.1, -0.05) is 91.2 Å². The number of nitrogens with one attached hydrogen (secondary N) is 2. The highest BCUT2D eigenvalue weighted by atomic mass is 32.1. The van der Waals surface area contributed by atoms with Crippen molar-refractivity contribution in [1.82, 2.24) is 20.9 Å². The number of thiocarbonyl (C=S) groups is 2. The average molecular weight is 463 g/mol. The SMILES string of the molecule is CN(NC(=O)c1cccc(C(=O)NN(C)C(=S)c2ccccc2)c1)C(=S)c1ccccc1. The number of amides is 2. The van der Waals surface area contributed by atoms with E-state index >= 15 is 0 Å². The Hall–Kier alpha value is -3.62. The molecule has 0 aliphatic heterocycles. The van der Waals surface area contributed by atoms with Gasteiger partial charge in [0.05, 0.1) is 0 Å². The van der Waals surface area contributed by atoms with E-state index in [-0.39, 0.29) is 11.8 Å². The van der Waals surface area contributed by atoms with Crippen molar-refractivity contribution in [3.8, 4) is 0 Å². The molecule has 0 saturated carbocycles. The summed E-state index contributed by atoms with van der Waals surface area (Å²) in [5.41, 5.74) is 7.75. The van der Waals surface area contributed by atoms with Crippen LogP contribution in [-0.2, 0) is 0 Å². The lowest BCUT2D eigenvalue weighted by Crippen LogP contribution is -2.43. The van der Waals surface area contributed by atoms with Gasteiger partial charge in [-0.2, -0.15) is 0 Å². The molecule has 0 unspecified atom stereocenters. The molecule has 2 N–H and O–H groups in total. The van der Waals surface area contributed by atoms with E-state index in [0.29, 0.717) is 21.1 Å².